The molecular formula is C20H25N2O4PS. The van der Waals surface area contributed by atoms with Gasteiger partial charge < -0.3 is 19.7 Å². The van der Waals surface area contributed by atoms with E-state index in [0.29, 0.717) is 11.0 Å². The number of carbonyl (C=O) groups excluding carboxylic acids is 1. The van der Waals surface area contributed by atoms with Gasteiger partial charge in [0.05, 0.1) is 24.2 Å². The summed E-state index contributed by atoms with van der Waals surface area (Å²) in [7, 11) is -3.34. The summed E-state index contributed by atoms with van der Waals surface area (Å²) in [6.07, 6.45) is 1.81. The van der Waals surface area contributed by atoms with E-state index < -0.39 is 7.60 Å². The summed E-state index contributed by atoms with van der Waals surface area (Å²) >= 11 is 1.59. The lowest BCUT2D eigenvalue weighted by molar-refractivity contribution is 0.230. The van der Waals surface area contributed by atoms with Gasteiger partial charge in [-0.2, -0.15) is 0 Å². The lowest BCUT2D eigenvalue weighted by atomic mass is 10.3. The first-order chi connectivity index (χ1) is 13.5. The highest BCUT2D eigenvalue weighted by Crippen LogP contribution is 2.46. The van der Waals surface area contributed by atoms with Crippen molar-refractivity contribution in [2.75, 3.05) is 29.6 Å². The molecule has 0 fully saturated rings. The standard InChI is InChI=1S/C20H25N2O4PS/c1-4-15-28-19-10-8-7-9-18(19)22-20(23)21-16-11-13-17(14-12-16)27(24,25-5-2)26-6-3/h4,7-14H,1,5-6,15H2,2-3H3,(H2,21,22,23). The van der Waals surface area contributed by atoms with E-state index in [1.165, 1.54) is 0 Å². The second-order valence-electron chi connectivity index (χ2n) is 5.55. The highest BCUT2D eigenvalue weighted by atomic mass is 32.2. The highest BCUT2D eigenvalue weighted by molar-refractivity contribution is 7.99. The highest BCUT2D eigenvalue weighted by Gasteiger charge is 2.26. The van der Waals surface area contributed by atoms with Crippen LogP contribution in [0.1, 0.15) is 13.8 Å². The first-order valence-electron chi connectivity index (χ1n) is 8.93. The van der Waals surface area contributed by atoms with Gasteiger partial charge in [-0.15, -0.1) is 18.3 Å². The van der Waals surface area contributed by atoms with Gasteiger partial charge in [-0.05, 0) is 50.2 Å². The number of nitrogens with one attached hydrogen (secondary N) is 2. The summed E-state index contributed by atoms with van der Waals surface area (Å²) in [5.41, 5.74) is 1.29. The minimum Gasteiger partial charge on any atom is -0.308 e. The molecule has 0 atom stereocenters. The van der Waals surface area contributed by atoms with Crippen molar-refractivity contribution in [3.63, 3.8) is 0 Å². The van der Waals surface area contributed by atoms with Crippen molar-refractivity contribution >= 4 is 42.1 Å². The number of thioether (sulfide) groups is 1. The number of hydrogen-bond acceptors (Lipinski definition) is 5. The topological polar surface area (TPSA) is 76.7 Å². The van der Waals surface area contributed by atoms with Gasteiger partial charge in [-0.3, -0.25) is 4.57 Å². The van der Waals surface area contributed by atoms with E-state index in [0.717, 1.165) is 16.3 Å². The van der Waals surface area contributed by atoms with Gasteiger partial charge in [-0.1, -0.05) is 18.2 Å². The van der Waals surface area contributed by atoms with Crippen molar-refractivity contribution in [3.05, 3.63) is 61.2 Å². The zero-order valence-corrected chi connectivity index (χ0v) is 17.7. The summed E-state index contributed by atoms with van der Waals surface area (Å²) in [6.45, 7) is 7.79. The van der Waals surface area contributed by atoms with Crippen molar-refractivity contribution < 1.29 is 18.4 Å². The largest absolute Gasteiger partial charge is 0.361 e. The fraction of sp³-hybridized carbons (Fsp3) is 0.250. The van der Waals surface area contributed by atoms with Gasteiger partial charge in [-0.25, -0.2) is 4.79 Å². The van der Waals surface area contributed by atoms with Crippen LogP contribution in [0.2, 0.25) is 0 Å². The van der Waals surface area contributed by atoms with Gasteiger partial charge >= 0.3 is 13.6 Å². The Morgan fingerprint density at radius 1 is 1.07 bits per heavy atom. The summed E-state index contributed by atoms with van der Waals surface area (Å²) < 4.78 is 23.4. The Bertz CT molecular complexity index is 832. The van der Waals surface area contributed by atoms with Gasteiger partial charge in [0.25, 0.3) is 0 Å². The molecule has 0 bridgehead atoms. The summed E-state index contributed by atoms with van der Waals surface area (Å²) in [5, 5.41) is 6.06. The molecule has 0 spiro atoms. The van der Waals surface area contributed by atoms with Gasteiger partial charge in [0.15, 0.2) is 0 Å². The summed E-state index contributed by atoms with van der Waals surface area (Å²) in [5.74, 6) is 0.751. The van der Waals surface area contributed by atoms with Crippen LogP contribution in [0.3, 0.4) is 0 Å². The molecule has 2 rings (SSSR count). The van der Waals surface area contributed by atoms with Gasteiger partial charge in [0.2, 0.25) is 0 Å². The van der Waals surface area contributed by atoms with Crippen LogP contribution in [0.25, 0.3) is 0 Å². The van der Waals surface area contributed by atoms with E-state index in [1.807, 2.05) is 30.3 Å². The minimum absolute atomic E-state index is 0.281. The van der Waals surface area contributed by atoms with Crippen molar-refractivity contribution in [2.45, 2.75) is 18.7 Å². The SMILES string of the molecule is C=CCSc1ccccc1NC(=O)Nc1ccc(P(=O)(OCC)OCC)cc1. The predicted molar refractivity (Wildman–Crippen MR) is 117 cm³/mol. The van der Waals surface area contributed by atoms with Crippen molar-refractivity contribution in [1.29, 1.82) is 0 Å². The Morgan fingerprint density at radius 2 is 1.71 bits per heavy atom. The number of anilines is 2. The Labute approximate surface area is 170 Å². The van der Waals surface area contributed by atoms with Crippen LogP contribution in [-0.2, 0) is 13.6 Å². The van der Waals surface area contributed by atoms with Gasteiger partial charge in [0, 0.05) is 16.3 Å². The first-order valence-corrected chi connectivity index (χ1v) is 11.5. The van der Waals surface area contributed by atoms with Crippen LogP contribution < -0.4 is 15.9 Å². The predicted octanol–water partition coefficient (Wildman–Crippen LogP) is 5.50. The molecule has 0 saturated heterocycles. The summed E-state index contributed by atoms with van der Waals surface area (Å²) in [6, 6.07) is 13.8. The molecule has 28 heavy (non-hydrogen) atoms. The second-order valence-corrected chi connectivity index (χ2v) is 8.64. The summed E-state index contributed by atoms with van der Waals surface area (Å²) in [4.78, 5) is 13.3. The molecule has 2 amide bonds. The molecule has 2 aromatic carbocycles. The second kappa shape index (κ2) is 11.1. The molecule has 0 aliphatic carbocycles. The van der Waals surface area contributed by atoms with E-state index in [9.17, 15) is 9.36 Å². The van der Waals surface area contributed by atoms with E-state index >= 15 is 0 Å². The molecule has 0 unspecified atom stereocenters. The van der Waals surface area contributed by atoms with Crippen LogP contribution in [0.4, 0.5) is 16.2 Å². The van der Waals surface area contributed by atoms with Gasteiger partial charge in [0.1, 0.15) is 0 Å². The van der Waals surface area contributed by atoms with Crippen LogP contribution >= 0.6 is 19.4 Å². The number of carbonyl (C=O) groups is 1. The Balaban J connectivity index is 2.05. The number of rotatable bonds is 10. The fourth-order valence-electron chi connectivity index (χ4n) is 2.38. The molecule has 2 N–H and O–H groups in total. The van der Waals surface area contributed by atoms with Crippen LogP contribution in [0.15, 0.2) is 66.1 Å². The lowest BCUT2D eigenvalue weighted by Gasteiger charge is -2.17. The van der Waals surface area contributed by atoms with E-state index in [2.05, 4.69) is 17.2 Å². The molecule has 6 nitrogen and oxygen atoms in total. The van der Waals surface area contributed by atoms with Crippen molar-refractivity contribution in [3.8, 4) is 0 Å². The molecule has 150 valence electrons. The van der Waals surface area contributed by atoms with Crippen LogP contribution in [0.5, 0.6) is 0 Å². The van der Waals surface area contributed by atoms with Crippen LogP contribution in [-0.4, -0.2) is 25.0 Å². The zero-order valence-electron chi connectivity index (χ0n) is 16.0. The average Bonchev–Trinajstić information content (AvgIpc) is 2.68. The molecule has 0 heterocycles. The van der Waals surface area contributed by atoms with Crippen molar-refractivity contribution in [1.82, 2.24) is 0 Å². The molecule has 8 heteroatoms. The third kappa shape index (κ3) is 6.24. The smallest absolute Gasteiger partial charge is 0.308 e. The molecule has 0 aromatic heterocycles. The van der Waals surface area contributed by atoms with E-state index in [4.69, 9.17) is 9.05 Å². The Morgan fingerprint density at radius 3 is 2.32 bits per heavy atom. The molecule has 0 aliphatic rings. The first kappa shape index (κ1) is 22.2. The molecular weight excluding hydrogens is 395 g/mol. The molecule has 0 saturated carbocycles. The monoisotopic (exact) mass is 420 g/mol. The van der Waals surface area contributed by atoms with Crippen LogP contribution in [0, 0.1) is 0 Å². The number of amides is 2. The zero-order chi connectivity index (χ0) is 20.4. The molecule has 2 aromatic rings. The lowest BCUT2D eigenvalue weighted by Crippen LogP contribution is -2.20. The van der Waals surface area contributed by atoms with Crippen molar-refractivity contribution in [2.24, 2.45) is 0 Å². The van der Waals surface area contributed by atoms with E-state index in [-0.39, 0.29) is 19.2 Å². The average molecular weight is 420 g/mol. The third-order valence-electron chi connectivity index (χ3n) is 3.53. The number of para-hydroxylation sites is 1. The fourth-order valence-corrected chi connectivity index (χ4v) is 4.70. The number of benzene rings is 2. The van der Waals surface area contributed by atoms with E-state index in [1.54, 1.807) is 49.9 Å². The quantitative estimate of drug-likeness (QED) is 0.302. The maximum Gasteiger partial charge on any atom is 0.361 e. The maximum atomic E-state index is 12.8. The Kier molecular flexibility index (Phi) is 8.80. The number of urea groups is 1. The Hall–Kier alpha value is -2.05. The molecule has 0 radical (unpaired) electrons. The number of hydrogen-bond donors (Lipinski definition) is 2. The molecule has 0 aliphatic heterocycles. The third-order valence-corrected chi connectivity index (χ3v) is 6.73. The normalized spacial score (nSPS) is 11.1. The maximum absolute atomic E-state index is 12.8. The minimum atomic E-state index is -3.34.